The van der Waals surface area contributed by atoms with Crippen molar-refractivity contribution in [3.63, 3.8) is 0 Å². The predicted octanol–water partition coefficient (Wildman–Crippen LogP) is 8.71. The molecule has 52 heavy (non-hydrogen) atoms. The molecule has 2 aliphatic carbocycles. The van der Waals surface area contributed by atoms with Gasteiger partial charge in [-0.05, 0) is 117 Å². The van der Waals surface area contributed by atoms with E-state index in [0.29, 0.717) is 29.5 Å². The number of carboxylic acids is 2. The van der Waals surface area contributed by atoms with Crippen LogP contribution in [0.5, 0.6) is 11.5 Å². The lowest BCUT2D eigenvalue weighted by molar-refractivity contribution is -0.00663. The summed E-state index contributed by atoms with van der Waals surface area (Å²) in [6.45, 7) is 14.1. The van der Waals surface area contributed by atoms with Gasteiger partial charge in [-0.3, -0.25) is 4.90 Å². The molecule has 0 spiro atoms. The highest BCUT2D eigenvalue weighted by Gasteiger charge is 2.38. The van der Waals surface area contributed by atoms with Crippen molar-refractivity contribution in [2.24, 2.45) is 11.8 Å². The van der Waals surface area contributed by atoms with Crippen molar-refractivity contribution in [2.75, 3.05) is 24.5 Å². The van der Waals surface area contributed by atoms with E-state index in [4.69, 9.17) is 4.74 Å². The van der Waals surface area contributed by atoms with Gasteiger partial charge >= 0.3 is 11.9 Å². The Bertz CT molecular complexity index is 1810. The number of phenols is 1. The highest BCUT2D eigenvalue weighted by molar-refractivity contribution is 6.02. The number of benzene rings is 3. The maximum atomic E-state index is 11.6. The molecule has 1 heterocycles. The first kappa shape index (κ1) is 37.0. The lowest BCUT2D eigenvalue weighted by atomic mass is 9.69. The Hall–Kier alpha value is -4.82. The number of carbonyl (C=O) groups is 2. The number of carboxylic acid groups (broad SMARTS) is 2. The molecule has 1 saturated heterocycles. The van der Waals surface area contributed by atoms with Gasteiger partial charge in [0.1, 0.15) is 17.6 Å². The second kappa shape index (κ2) is 16.2. The molecule has 0 bridgehead atoms. The smallest absolute Gasteiger partial charge is 0.336 e. The van der Waals surface area contributed by atoms with Crippen LogP contribution in [0.15, 0.2) is 97.1 Å². The second-order valence-electron chi connectivity index (χ2n) is 15.0. The molecule has 6 rings (SSSR count). The third-order valence-electron chi connectivity index (χ3n) is 11.3. The summed E-state index contributed by atoms with van der Waals surface area (Å²) in [7, 11) is 0. The number of aromatic hydroxyl groups is 1. The van der Waals surface area contributed by atoms with E-state index in [1.165, 1.54) is 34.5 Å². The number of rotatable bonds is 13. The number of hydrogen-bond acceptors (Lipinski definition) is 6. The largest absolute Gasteiger partial charge is 0.508 e. The minimum Gasteiger partial charge on any atom is -0.508 e. The molecular formula is C44H52N2O6. The summed E-state index contributed by atoms with van der Waals surface area (Å²) in [5, 5.41) is 29.0. The van der Waals surface area contributed by atoms with Gasteiger partial charge < -0.3 is 25.0 Å². The van der Waals surface area contributed by atoms with Gasteiger partial charge in [0, 0.05) is 56.2 Å². The molecule has 2 atom stereocenters. The molecular weight excluding hydrogens is 652 g/mol. The van der Waals surface area contributed by atoms with Crippen LogP contribution in [0.3, 0.4) is 0 Å². The van der Waals surface area contributed by atoms with Crippen LogP contribution >= 0.6 is 0 Å². The number of piperidine rings is 1. The zero-order chi connectivity index (χ0) is 36.9. The van der Waals surface area contributed by atoms with Gasteiger partial charge in [-0.1, -0.05) is 54.7 Å². The molecule has 1 aliphatic heterocycles. The molecule has 0 amide bonds. The normalized spacial score (nSPS) is 22.1. The van der Waals surface area contributed by atoms with Crippen molar-refractivity contribution in [1.29, 1.82) is 0 Å². The fourth-order valence-electron chi connectivity index (χ4n) is 8.44. The number of anilines is 1. The Morgan fingerprint density at radius 2 is 1.65 bits per heavy atom. The van der Waals surface area contributed by atoms with Crippen molar-refractivity contribution >= 4 is 17.6 Å². The zero-order valence-corrected chi connectivity index (χ0v) is 30.6. The fraction of sp³-hybridized carbons (Fsp3) is 0.409. The Morgan fingerprint density at radius 3 is 2.31 bits per heavy atom. The predicted molar refractivity (Wildman–Crippen MR) is 206 cm³/mol. The third-order valence-corrected chi connectivity index (χ3v) is 11.3. The molecule has 0 radical (unpaired) electrons. The van der Waals surface area contributed by atoms with E-state index in [2.05, 4.69) is 72.7 Å². The van der Waals surface area contributed by atoms with Crippen LogP contribution in [-0.4, -0.2) is 70.0 Å². The SMILES string of the molecule is C=C(/C=C\C=C/C)[C@H]1CCc2cc(O)ccc2[C@H]1c1ccc(N2CCC(CN(C(C)C)[C@H]3C[C@H](Oc4ccc(C(=O)O)c(C(=O)O)c4)C3)CC2)cc1. The number of ether oxygens (including phenoxy) is 1. The van der Waals surface area contributed by atoms with Crippen molar-refractivity contribution in [2.45, 2.75) is 83.4 Å². The molecule has 8 heteroatoms. The molecule has 3 aromatic rings. The first-order chi connectivity index (χ1) is 25.0. The Morgan fingerprint density at radius 1 is 0.942 bits per heavy atom. The second-order valence-corrected chi connectivity index (χ2v) is 15.0. The maximum absolute atomic E-state index is 11.6. The van der Waals surface area contributed by atoms with Crippen molar-refractivity contribution in [3.05, 3.63) is 125 Å². The van der Waals surface area contributed by atoms with Gasteiger partial charge in [0.15, 0.2) is 0 Å². The van der Waals surface area contributed by atoms with E-state index < -0.39 is 11.9 Å². The monoisotopic (exact) mass is 704 g/mol. The first-order valence-corrected chi connectivity index (χ1v) is 18.7. The average molecular weight is 705 g/mol. The van der Waals surface area contributed by atoms with Crippen LogP contribution in [0, 0.1) is 11.8 Å². The topological polar surface area (TPSA) is 111 Å². The highest BCUT2D eigenvalue weighted by atomic mass is 16.5. The number of aryl methyl sites for hydroxylation is 1. The minimum absolute atomic E-state index is 0.0225. The summed E-state index contributed by atoms with van der Waals surface area (Å²) in [6, 6.07) is 20.0. The summed E-state index contributed by atoms with van der Waals surface area (Å²) in [5.41, 5.74) is 5.68. The van der Waals surface area contributed by atoms with E-state index in [0.717, 1.165) is 63.7 Å². The van der Waals surface area contributed by atoms with Gasteiger partial charge in [0.25, 0.3) is 0 Å². The van der Waals surface area contributed by atoms with Crippen LogP contribution in [0.2, 0.25) is 0 Å². The highest BCUT2D eigenvalue weighted by Crippen LogP contribution is 2.45. The van der Waals surface area contributed by atoms with E-state index in [1.807, 2.05) is 31.2 Å². The summed E-state index contributed by atoms with van der Waals surface area (Å²) < 4.78 is 6.09. The number of hydrogen-bond donors (Lipinski definition) is 3. The van der Waals surface area contributed by atoms with Gasteiger partial charge in [-0.2, -0.15) is 0 Å². The van der Waals surface area contributed by atoms with Crippen molar-refractivity contribution in [3.8, 4) is 11.5 Å². The molecule has 8 nitrogen and oxygen atoms in total. The molecule has 274 valence electrons. The summed E-state index contributed by atoms with van der Waals surface area (Å²) in [5.74, 6) is -0.741. The molecule has 0 aromatic heterocycles. The van der Waals surface area contributed by atoms with E-state index >= 15 is 0 Å². The number of nitrogens with zero attached hydrogens (tertiary/aromatic N) is 2. The molecule has 2 fully saturated rings. The Balaban J connectivity index is 1.05. The van der Waals surface area contributed by atoms with Crippen molar-refractivity contribution < 1.29 is 29.6 Å². The molecule has 0 unspecified atom stereocenters. The van der Waals surface area contributed by atoms with Gasteiger partial charge in [0.05, 0.1) is 11.1 Å². The fourth-order valence-corrected chi connectivity index (χ4v) is 8.44. The average Bonchev–Trinajstić information content (AvgIpc) is 3.11. The molecule has 1 saturated carbocycles. The third kappa shape index (κ3) is 8.28. The summed E-state index contributed by atoms with van der Waals surface area (Å²) in [6.07, 6.45) is 14.2. The van der Waals surface area contributed by atoms with E-state index in [1.54, 1.807) is 6.07 Å². The number of aromatic carboxylic acids is 2. The lowest BCUT2D eigenvalue weighted by Gasteiger charge is -2.46. The summed E-state index contributed by atoms with van der Waals surface area (Å²) in [4.78, 5) is 28.1. The molecule has 3 aromatic carbocycles. The van der Waals surface area contributed by atoms with Crippen LogP contribution in [0.25, 0.3) is 0 Å². The van der Waals surface area contributed by atoms with E-state index in [-0.39, 0.29) is 29.1 Å². The van der Waals surface area contributed by atoms with Gasteiger partial charge in [0.2, 0.25) is 0 Å². The van der Waals surface area contributed by atoms with Gasteiger partial charge in [-0.15, -0.1) is 0 Å². The molecule has 3 aliphatic rings. The van der Waals surface area contributed by atoms with E-state index in [9.17, 15) is 24.9 Å². The Labute approximate surface area is 307 Å². The molecule has 3 N–H and O–H groups in total. The summed E-state index contributed by atoms with van der Waals surface area (Å²) >= 11 is 0. The zero-order valence-electron chi connectivity index (χ0n) is 30.6. The van der Waals surface area contributed by atoms with Gasteiger partial charge in [-0.25, -0.2) is 9.59 Å². The van der Waals surface area contributed by atoms with Crippen LogP contribution in [0.1, 0.15) is 96.2 Å². The first-order valence-electron chi connectivity index (χ1n) is 18.7. The van der Waals surface area contributed by atoms with Crippen LogP contribution < -0.4 is 9.64 Å². The van der Waals surface area contributed by atoms with Crippen LogP contribution in [-0.2, 0) is 6.42 Å². The number of phenolic OH excluding ortho intramolecular Hbond substituents is 1. The standard InChI is InChI=1S/C44H52N2O6/c1-5-6-7-8-29(4)38-16-11-32-23-35(47)14-17-39(32)42(38)31-9-12-33(13-10-31)45-21-19-30(20-22-45)27-46(28(2)3)34-24-37(25-34)52-36-15-18-40(43(48)49)41(26-36)44(50)51/h5-10,12-15,17-18,23,26,28,30,34,37-38,42,47H,4,11,16,19-22,24-25,27H2,1-3H3,(H,48,49)(H,50,51)/b6-5-,8-7-/t34-,37-,38-,42+/m1/s1. The maximum Gasteiger partial charge on any atom is 0.336 e. The number of allylic oxidation sites excluding steroid dienone is 5. The lowest BCUT2D eigenvalue weighted by Crippen LogP contribution is -2.53. The van der Waals surface area contributed by atoms with Crippen molar-refractivity contribution in [1.82, 2.24) is 4.90 Å². The quantitative estimate of drug-likeness (QED) is 0.152. The Kier molecular flexibility index (Phi) is 11.5. The van der Waals surface area contributed by atoms with Crippen LogP contribution in [0.4, 0.5) is 5.69 Å². The number of fused-ring (bicyclic) bond motifs is 1. The minimum atomic E-state index is -1.28.